The van der Waals surface area contributed by atoms with Crippen molar-refractivity contribution in [3.63, 3.8) is 0 Å². The predicted molar refractivity (Wildman–Crippen MR) is 80.3 cm³/mol. The SMILES string of the molecule is CC(C)CC(C)CCCCc1ccc(Br)cc1. The van der Waals surface area contributed by atoms with Gasteiger partial charge in [0.15, 0.2) is 0 Å². The topological polar surface area (TPSA) is 0 Å². The Labute approximate surface area is 115 Å². The number of halogens is 1. The van der Waals surface area contributed by atoms with Crippen LogP contribution in [0.5, 0.6) is 0 Å². The van der Waals surface area contributed by atoms with Crippen LogP contribution in [0.25, 0.3) is 0 Å². The molecule has 1 heteroatoms. The summed E-state index contributed by atoms with van der Waals surface area (Å²) in [4.78, 5) is 0. The molecule has 0 saturated carbocycles. The molecule has 0 aromatic heterocycles. The maximum Gasteiger partial charge on any atom is 0.0175 e. The van der Waals surface area contributed by atoms with Crippen molar-refractivity contribution in [2.75, 3.05) is 0 Å². The molecule has 0 saturated heterocycles. The highest BCUT2D eigenvalue weighted by atomic mass is 79.9. The van der Waals surface area contributed by atoms with Crippen LogP contribution in [-0.2, 0) is 6.42 Å². The molecule has 0 aliphatic rings. The first kappa shape index (κ1) is 14.8. The Morgan fingerprint density at radius 3 is 2.24 bits per heavy atom. The van der Waals surface area contributed by atoms with Gasteiger partial charge in [0.25, 0.3) is 0 Å². The van der Waals surface area contributed by atoms with Crippen LogP contribution in [0.15, 0.2) is 28.7 Å². The van der Waals surface area contributed by atoms with E-state index < -0.39 is 0 Å². The van der Waals surface area contributed by atoms with Crippen LogP contribution in [-0.4, -0.2) is 0 Å². The van der Waals surface area contributed by atoms with Crippen molar-refractivity contribution in [3.05, 3.63) is 34.3 Å². The normalized spacial score (nSPS) is 13.0. The van der Waals surface area contributed by atoms with E-state index >= 15 is 0 Å². The summed E-state index contributed by atoms with van der Waals surface area (Å²) in [5.74, 6) is 1.73. The van der Waals surface area contributed by atoms with E-state index in [9.17, 15) is 0 Å². The van der Waals surface area contributed by atoms with Gasteiger partial charge >= 0.3 is 0 Å². The standard InChI is InChI=1S/C16H25Br/c1-13(2)12-14(3)6-4-5-7-15-8-10-16(17)11-9-15/h8-11,13-14H,4-7,12H2,1-3H3. The maximum absolute atomic E-state index is 3.47. The lowest BCUT2D eigenvalue weighted by atomic mass is 9.93. The fourth-order valence-electron chi connectivity index (χ4n) is 2.40. The lowest BCUT2D eigenvalue weighted by Crippen LogP contribution is -2.00. The first-order valence-corrected chi connectivity index (χ1v) is 7.61. The summed E-state index contributed by atoms with van der Waals surface area (Å²) < 4.78 is 1.17. The number of unbranched alkanes of at least 4 members (excludes halogenated alkanes) is 1. The molecule has 96 valence electrons. The molecule has 0 amide bonds. The van der Waals surface area contributed by atoms with Gasteiger partial charge in [-0.15, -0.1) is 0 Å². The highest BCUT2D eigenvalue weighted by Gasteiger charge is 2.04. The van der Waals surface area contributed by atoms with Crippen LogP contribution in [0, 0.1) is 11.8 Å². The van der Waals surface area contributed by atoms with Gasteiger partial charge in [0.05, 0.1) is 0 Å². The molecule has 0 nitrogen and oxygen atoms in total. The largest absolute Gasteiger partial charge is 0.0628 e. The smallest absolute Gasteiger partial charge is 0.0175 e. The van der Waals surface area contributed by atoms with Gasteiger partial charge in [-0.05, 0) is 48.8 Å². The minimum Gasteiger partial charge on any atom is -0.0628 e. The molecule has 0 heterocycles. The molecule has 0 aliphatic carbocycles. The van der Waals surface area contributed by atoms with Crippen LogP contribution in [0.4, 0.5) is 0 Å². The molecule has 1 aromatic carbocycles. The van der Waals surface area contributed by atoms with Gasteiger partial charge in [-0.2, -0.15) is 0 Å². The molecule has 1 aromatic rings. The van der Waals surface area contributed by atoms with E-state index in [4.69, 9.17) is 0 Å². The van der Waals surface area contributed by atoms with Gasteiger partial charge in [-0.3, -0.25) is 0 Å². The zero-order valence-corrected chi connectivity index (χ0v) is 13.0. The molecule has 0 spiro atoms. The van der Waals surface area contributed by atoms with Gasteiger partial charge in [0.1, 0.15) is 0 Å². The molecule has 1 unspecified atom stereocenters. The van der Waals surface area contributed by atoms with E-state index in [0.29, 0.717) is 0 Å². The monoisotopic (exact) mass is 296 g/mol. The predicted octanol–water partition coefficient (Wildman–Crippen LogP) is 5.84. The van der Waals surface area contributed by atoms with Crippen molar-refractivity contribution in [3.8, 4) is 0 Å². The number of aryl methyl sites for hydroxylation is 1. The van der Waals surface area contributed by atoms with Gasteiger partial charge in [-0.25, -0.2) is 0 Å². The van der Waals surface area contributed by atoms with Crippen molar-refractivity contribution in [2.24, 2.45) is 11.8 Å². The third-order valence-electron chi connectivity index (χ3n) is 3.20. The van der Waals surface area contributed by atoms with Gasteiger partial charge in [-0.1, -0.05) is 61.7 Å². The Morgan fingerprint density at radius 1 is 1.00 bits per heavy atom. The van der Waals surface area contributed by atoms with Crippen LogP contribution in [0.2, 0.25) is 0 Å². The van der Waals surface area contributed by atoms with Crippen LogP contribution < -0.4 is 0 Å². The molecular weight excluding hydrogens is 272 g/mol. The second kappa shape index (κ2) is 7.92. The summed E-state index contributed by atoms with van der Waals surface area (Å²) in [7, 11) is 0. The summed E-state index contributed by atoms with van der Waals surface area (Å²) in [6.45, 7) is 7.02. The van der Waals surface area contributed by atoms with E-state index in [2.05, 4.69) is 61.0 Å². The molecular formula is C16H25Br. The Bertz CT molecular complexity index is 300. The summed E-state index contributed by atoms with van der Waals surface area (Å²) in [5, 5.41) is 0. The van der Waals surface area contributed by atoms with Crippen LogP contribution in [0.1, 0.15) is 52.0 Å². The molecule has 1 atom stereocenters. The minimum atomic E-state index is 0.844. The summed E-state index contributed by atoms with van der Waals surface area (Å²) in [6.07, 6.45) is 6.67. The van der Waals surface area contributed by atoms with E-state index in [1.54, 1.807) is 0 Å². The van der Waals surface area contributed by atoms with E-state index in [0.717, 1.165) is 11.8 Å². The number of hydrogen-bond donors (Lipinski definition) is 0. The lowest BCUT2D eigenvalue weighted by molar-refractivity contribution is 0.401. The van der Waals surface area contributed by atoms with Gasteiger partial charge in [0, 0.05) is 4.47 Å². The van der Waals surface area contributed by atoms with Crippen molar-refractivity contribution >= 4 is 15.9 Å². The molecule has 0 fully saturated rings. The summed E-state index contributed by atoms with van der Waals surface area (Å²) in [5.41, 5.74) is 1.46. The second-order valence-electron chi connectivity index (χ2n) is 5.61. The zero-order chi connectivity index (χ0) is 12.7. The Kier molecular flexibility index (Phi) is 6.87. The molecule has 0 radical (unpaired) electrons. The summed E-state index contributed by atoms with van der Waals surface area (Å²) >= 11 is 3.47. The zero-order valence-electron chi connectivity index (χ0n) is 11.4. The fraction of sp³-hybridized carbons (Fsp3) is 0.625. The molecule has 0 N–H and O–H groups in total. The molecule has 17 heavy (non-hydrogen) atoms. The van der Waals surface area contributed by atoms with Crippen molar-refractivity contribution in [1.29, 1.82) is 0 Å². The third-order valence-corrected chi connectivity index (χ3v) is 3.73. The van der Waals surface area contributed by atoms with Crippen LogP contribution in [0.3, 0.4) is 0 Å². The average molecular weight is 297 g/mol. The van der Waals surface area contributed by atoms with E-state index in [-0.39, 0.29) is 0 Å². The summed E-state index contributed by atoms with van der Waals surface area (Å²) in [6, 6.07) is 8.72. The van der Waals surface area contributed by atoms with Gasteiger partial charge in [0.2, 0.25) is 0 Å². The van der Waals surface area contributed by atoms with E-state index in [1.807, 2.05) is 0 Å². The van der Waals surface area contributed by atoms with Crippen molar-refractivity contribution in [1.82, 2.24) is 0 Å². The van der Waals surface area contributed by atoms with Crippen LogP contribution >= 0.6 is 15.9 Å². The Balaban J connectivity index is 2.13. The van der Waals surface area contributed by atoms with Crippen molar-refractivity contribution in [2.45, 2.75) is 52.9 Å². The highest BCUT2D eigenvalue weighted by Crippen LogP contribution is 2.18. The van der Waals surface area contributed by atoms with Crippen molar-refractivity contribution < 1.29 is 0 Å². The fourth-order valence-corrected chi connectivity index (χ4v) is 2.66. The first-order valence-electron chi connectivity index (χ1n) is 6.82. The lowest BCUT2D eigenvalue weighted by Gasteiger charge is -2.13. The second-order valence-corrected chi connectivity index (χ2v) is 6.52. The highest BCUT2D eigenvalue weighted by molar-refractivity contribution is 9.10. The maximum atomic E-state index is 3.47. The average Bonchev–Trinajstić information content (AvgIpc) is 2.26. The molecule has 0 bridgehead atoms. The number of benzene rings is 1. The quantitative estimate of drug-likeness (QED) is 0.554. The third kappa shape index (κ3) is 6.88. The van der Waals surface area contributed by atoms with Gasteiger partial charge < -0.3 is 0 Å². The number of rotatable bonds is 7. The number of hydrogen-bond acceptors (Lipinski definition) is 0. The Morgan fingerprint density at radius 2 is 1.65 bits per heavy atom. The van der Waals surface area contributed by atoms with E-state index in [1.165, 1.54) is 42.1 Å². The minimum absolute atomic E-state index is 0.844. The molecule has 0 aliphatic heterocycles. The molecule has 1 rings (SSSR count). The first-order chi connectivity index (χ1) is 8.08. The Hall–Kier alpha value is -0.300.